The second-order valence-electron chi connectivity index (χ2n) is 4.08. The highest BCUT2D eigenvalue weighted by Gasteiger charge is 2.14. The number of nitrogens with two attached hydrogens (primary N) is 1. The summed E-state index contributed by atoms with van der Waals surface area (Å²) in [6.45, 7) is 6.29. The molecular weight excluding hydrogens is 186 g/mol. The van der Waals surface area contributed by atoms with Crippen molar-refractivity contribution in [1.29, 1.82) is 0 Å². The first-order chi connectivity index (χ1) is 7.26. The van der Waals surface area contributed by atoms with Crippen LogP contribution in [0.1, 0.15) is 51.9 Å². The van der Waals surface area contributed by atoms with Gasteiger partial charge in [0.2, 0.25) is 0 Å². The van der Waals surface area contributed by atoms with Gasteiger partial charge in [0.15, 0.2) is 0 Å². The number of hydrogen-bond donors (Lipinski definition) is 1. The third-order valence-electron chi connectivity index (χ3n) is 2.71. The average molecular weight is 211 g/mol. The van der Waals surface area contributed by atoms with E-state index >= 15 is 0 Å². The standard InChI is InChI=1S/C13H25NO/c1-3-5-6-7-8-10-13(15)12(11-14)9-4-2/h3,12H,1,4-11,14H2,2H3. The van der Waals surface area contributed by atoms with Gasteiger partial charge < -0.3 is 5.73 Å². The first-order valence-corrected chi connectivity index (χ1v) is 6.09. The Morgan fingerprint density at radius 3 is 2.67 bits per heavy atom. The summed E-state index contributed by atoms with van der Waals surface area (Å²) in [6.07, 6.45) is 8.97. The molecule has 0 aromatic carbocycles. The maximum atomic E-state index is 11.7. The number of ketones is 1. The van der Waals surface area contributed by atoms with Gasteiger partial charge in [0, 0.05) is 18.9 Å². The van der Waals surface area contributed by atoms with Crippen LogP contribution in [0.3, 0.4) is 0 Å². The summed E-state index contributed by atoms with van der Waals surface area (Å²) in [5, 5.41) is 0. The van der Waals surface area contributed by atoms with Crippen molar-refractivity contribution in [3.63, 3.8) is 0 Å². The monoisotopic (exact) mass is 211 g/mol. The molecule has 88 valence electrons. The minimum Gasteiger partial charge on any atom is -0.330 e. The van der Waals surface area contributed by atoms with Crippen molar-refractivity contribution in [2.75, 3.05) is 6.54 Å². The zero-order chi connectivity index (χ0) is 11.5. The van der Waals surface area contributed by atoms with Crippen LogP contribution in [0.5, 0.6) is 0 Å². The molecule has 0 aromatic heterocycles. The molecule has 0 bridgehead atoms. The smallest absolute Gasteiger partial charge is 0.137 e. The largest absolute Gasteiger partial charge is 0.330 e. The van der Waals surface area contributed by atoms with Gasteiger partial charge in [-0.1, -0.05) is 25.8 Å². The molecule has 0 aliphatic rings. The third-order valence-corrected chi connectivity index (χ3v) is 2.71. The Hall–Kier alpha value is -0.630. The van der Waals surface area contributed by atoms with Crippen molar-refractivity contribution in [2.24, 2.45) is 11.7 Å². The van der Waals surface area contributed by atoms with Crippen molar-refractivity contribution in [2.45, 2.75) is 51.9 Å². The molecule has 0 radical (unpaired) electrons. The Morgan fingerprint density at radius 1 is 1.40 bits per heavy atom. The number of carbonyl (C=O) groups excluding carboxylic acids is 1. The molecule has 0 aromatic rings. The lowest BCUT2D eigenvalue weighted by atomic mass is 9.95. The zero-order valence-corrected chi connectivity index (χ0v) is 10.0. The van der Waals surface area contributed by atoms with Gasteiger partial charge in [0.1, 0.15) is 5.78 Å². The predicted molar refractivity (Wildman–Crippen MR) is 65.7 cm³/mol. The summed E-state index contributed by atoms with van der Waals surface area (Å²) in [6, 6.07) is 0. The Bertz CT molecular complexity index is 177. The Morgan fingerprint density at radius 2 is 2.13 bits per heavy atom. The van der Waals surface area contributed by atoms with Crippen LogP contribution >= 0.6 is 0 Å². The minimum atomic E-state index is 0.106. The van der Waals surface area contributed by atoms with E-state index in [1.54, 1.807) is 0 Å². The van der Waals surface area contributed by atoms with E-state index in [1.165, 1.54) is 0 Å². The van der Waals surface area contributed by atoms with Crippen LogP contribution in [-0.2, 0) is 4.79 Å². The Kier molecular flexibility index (Phi) is 9.49. The number of carbonyl (C=O) groups is 1. The number of hydrogen-bond acceptors (Lipinski definition) is 2. The van der Waals surface area contributed by atoms with Gasteiger partial charge in [-0.2, -0.15) is 0 Å². The first-order valence-electron chi connectivity index (χ1n) is 6.09. The quantitative estimate of drug-likeness (QED) is 0.446. The van der Waals surface area contributed by atoms with Gasteiger partial charge in [-0.15, -0.1) is 6.58 Å². The molecule has 2 N–H and O–H groups in total. The summed E-state index contributed by atoms with van der Waals surface area (Å²) in [4.78, 5) is 11.7. The molecule has 0 amide bonds. The van der Waals surface area contributed by atoms with E-state index in [1.807, 2.05) is 6.08 Å². The van der Waals surface area contributed by atoms with Crippen LogP contribution in [0.4, 0.5) is 0 Å². The van der Waals surface area contributed by atoms with Gasteiger partial charge in [0.25, 0.3) is 0 Å². The minimum absolute atomic E-state index is 0.106. The van der Waals surface area contributed by atoms with E-state index in [9.17, 15) is 4.79 Å². The molecule has 0 aliphatic heterocycles. The molecule has 1 atom stereocenters. The van der Waals surface area contributed by atoms with Crippen molar-refractivity contribution in [3.05, 3.63) is 12.7 Å². The van der Waals surface area contributed by atoms with E-state index in [2.05, 4.69) is 13.5 Å². The summed E-state index contributed by atoms with van der Waals surface area (Å²) >= 11 is 0. The lowest BCUT2D eigenvalue weighted by Gasteiger charge is -2.11. The highest BCUT2D eigenvalue weighted by Crippen LogP contribution is 2.12. The van der Waals surface area contributed by atoms with Gasteiger partial charge in [-0.3, -0.25) is 4.79 Å². The number of rotatable bonds is 10. The molecule has 0 heterocycles. The molecule has 0 aliphatic carbocycles. The predicted octanol–water partition coefficient (Wildman–Crippen LogP) is 3.07. The van der Waals surface area contributed by atoms with Crippen molar-refractivity contribution < 1.29 is 4.79 Å². The van der Waals surface area contributed by atoms with E-state index in [4.69, 9.17) is 5.73 Å². The molecular formula is C13H25NO. The van der Waals surface area contributed by atoms with E-state index in [0.717, 1.165) is 38.5 Å². The van der Waals surface area contributed by atoms with Crippen LogP contribution in [0.25, 0.3) is 0 Å². The fourth-order valence-corrected chi connectivity index (χ4v) is 1.73. The maximum absolute atomic E-state index is 11.7. The SMILES string of the molecule is C=CCCCCCC(=O)C(CN)CCC. The molecule has 0 saturated carbocycles. The number of unbranched alkanes of at least 4 members (excludes halogenated alkanes) is 3. The van der Waals surface area contributed by atoms with E-state index in [0.29, 0.717) is 18.7 Å². The highest BCUT2D eigenvalue weighted by atomic mass is 16.1. The zero-order valence-electron chi connectivity index (χ0n) is 10.0. The average Bonchev–Trinajstić information content (AvgIpc) is 2.25. The third kappa shape index (κ3) is 7.32. The number of allylic oxidation sites excluding steroid dienone is 1. The second-order valence-corrected chi connectivity index (χ2v) is 4.08. The summed E-state index contributed by atoms with van der Waals surface area (Å²) in [5.41, 5.74) is 5.58. The summed E-state index contributed by atoms with van der Waals surface area (Å²) in [5.74, 6) is 0.465. The topological polar surface area (TPSA) is 43.1 Å². The highest BCUT2D eigenvalue weighted by molar-refractivity contribution is 5.81. The fourth-order valence-electron chi connectivity index (χ4n) is 1.73. The van der Waals surface area contributed by atoms with Gasteiger partial charge in [-0.05, 0) is 25.7 Å². The maximum Gasteiger partial charge on any atom is 0.137 e. The van der Waals surface area contributed by atoms with Crippen LogP contribution in [0.15, 0.2) is 12.7 Å². The molecule has 2 nitrogen and oxygen atoms in total. The summed E-state index contributed by atoms with van der Waals surface area (Å²) in [7, 11) is 0. The second kappa shape index (κ2) is 9.91. The molecule has 1 unspecified atom stereocenters. The lowest BCUT2D eigenvalue weighted by molar-refractivity contribution is -0.122. The first kappa shape index (κ1) is 14.4. The van der Waals surface area contributed by atoms with E-state index < -0.39 is 0 Å². The van der Waals surface area contributed by atoms with Gasteiger partial charge in [-0.25, -0.2) is 0 Å². The molecule has 2 heteroatoms. The van der Waals surface area contributed by atoms with Gasteiger partial charge >= 0.3 is 0 Å². The van der Waals surface area contributed by atoms with Gasteiger partial charge in [0.05, 0.1) is 0 Å². The van der Waals surface area contributed by atoms with Crippen molar-refractivity contribution in [1.82, 2.24) is 0 Å². The van der Waals surface area contributed by atoms with Crippen LogP contribution < -0.4 is 5.73 Å². The van der Waals surface area contributed by atoms with Crippen molar-refractivity contribution >= 4 is 5.78 Å². The fraction of sp³-hybridized carbons (Fsp3) is 0.769. The molecule has 0 saturated heterocycles. The van der Waals surface area contributed by atoms with Crippen LogP contribution in [-0.4, -0.2) is 12.3 Å². The molecule has 0 spiro atoms. The van der Waals surface area contributed by atoms with Crippen LogP contribution in [0, 0.1) is 5.92 Å². The lowest BCUT2D eigenvalue weighted by Crippen LogP contribution is -2.23. The Labute approximate surface area is 93.9 Å². The van der Waals surface area contributed by atoms with E-state index in [-0.39, 0.29) is 5.92 Å². The van der Waals surface area contributed by atoms with Crippen LogP contribution in [0.2, 0.25) is 0 Å². The Balaban J connectivity index is 3.57. The normalized spacial score (nSPS) is 12.4. The molecule has 15 heavy (non-hydrogen) atoms. The summed E-state index contributed by atoms with van der Waals surface area (Å²) < 4.78 is 0. The van der Waals surface area contributed by atoms with Crippen molar-refractivity contribution in [3.8, 4) is 0 Å². The number of Topliss-reactive ketones (excluding diaryl/α,β-unsaturated/α-hetero) is 1. The molecule has 0 fully saturated rings. The molecule has 0 rings (SSSR count).